The van der Waals surface area contributed by atoms with Crippen molar-refractivity contribution in [3.8, 4) is 5.75 Å². The van der Waals surface area contributed by atoms with Gasteiger partial charge in [-0.1, -0.05) is 6.07 Å². The summed E-state index contributed by atoms with van der Waals surface area (Å²) >= 11 is 0. The number of benzene rings is 1. The lowest BCUT2D eigenvalue weighted by Crippen LogP contribution is -2.26. The molecule has 0 unspecified atom stereocenters. The van der Waals surface area contributed by atoms with Gasteiger partial charge in [-0.15, -0.1) is 0 Å². The van der Waals surface area contributed by atoms with E-state index in [1.165, 1.54) is 0 Å². The third-order valence-corrected chi connectivity index (χ3v) is 2.91. The molecule has 17 heavy (non-hydrogen) atoms. The van der Waals surface area contributed by atoms with Crippen LogP contribution >= 0.6 is 0 Å². The van der Waals surface area contributed by atoms with E-state index in [2.05, 4.69) is 4.90 Å². The van der Waals surface area contributed by atoms with Gasteiger partial charge in [0.15, 0.2) is 0 Å². The van der Waals surface area contributed by atoms with E-state index in [4.69, 9.17) is 15.2 Å². The van der Waals surface area contributed by atoms with Gasteiger partial charge in [-0.3, -0.25) is 0 Å². The number of nitrogens with two attached hydrogens (primary N) is 1. The highest BCUT2D eigenvalue weighted by Crippen LogP contribution is 2.32. The van der Waals surface area contributed by atoms with Crippen LogP contribution in [0.4, 0.5) is 11.4 Å². The van der Waals surface area contributed by atoms with Crippen molar-refractivity contribution in [2.24, 2.45) is 0 Å². The Morgan fingerprint density at radius 2 is 2.24 bits per heavy atom. The van der Waals surface area contributed by atoms with Crippen LogP contribution in [0.15, 0.2) is 18.2 Å². The molecule has 0 amide bonds. The average molecular weight is 236 g/mol. The highest BCUT2D eigenvalue weighted by atomic mass is 16.5. The molecule has 0 radical (unpaired) electrons. The zero-order valence-corrected chi connectivity index (χ0v) is 10.3. The summed E-state index contributed by atoms with van der Waals surface area (Å²) in [5.41, 5.74) is 7.93. The van der Waals surface area contributed by atoms with Gasteiger partial charge in [-0.2, -0.15) is 0 Å². The predicted molar refractivity (Wildman–Crippen MR) is 69.7 cm³/mol. The summed E-state index contributed by atoms with van der Waals surface area (Å²) < 4.78 is 11.0. The van der Waals surface area contributed by atoms with Gasteiger partial charge < -0.3 is 20.1 Å². The van der Waals surface area contributed by atoms with E-state index in [9.17, 15) is 0 Å². The molecule has 1 fully saturated rings. The first-order valence-corrected chi connectivity index (χ1v) is 6.17. The molecule has 2 rings (SSSR count). The van der Waals surface area contributed by atoms with Crippen molar-refractivity contribution < 1.29 is 9.47 Å². The lowest BCUT2D eigenvalue weighted by Gasteiger charge is -2.24. The minimum absolute atomic E-state index is 0.636. The highest BCUT2D eigenvalue weighted by Gasteiger charge is 2.14. The number of para-hydroxylation sites is 1. The Balaban J connectivity index is 2.21. The van der Waals surface area contributed by atoms with Crippen molar-refractivity contribution in [2.45, 2.75) is 13.3 Å². The standard InChI is InChI=1S/C13H20N2O2/c1-2-17-12-6-3-5-11(13(12)14)15-7-4-9-16-10-8-15/h3,5-6H,2,4,7-10,14H2,1H3. The van der Waals surface area contributed by atoms with Crippen LogP contribution in [0.5, 0.6) is 5.75 Å². The van der Waals surface area contributed by atoms with E-state index in [0.717, 1.165) is 49.8 Å². The normalized spacial score (nSPS) is 16.6. The molecule has 4 heteroatoms. The first-order chi connectivity index (χ1) is 8.33. The molecule has 1 heterocycles. The van der Waals surface area contributed by atoms with E-state index in [1.807, 2.05) is 25.1 Å². The second kappa shape index (κ2) is 5.77. The van der Waals surface area contributed by atoms with Crippen LogP contribution in [0.2, 0.25) is 0 Å². The van der Waals surface area contributed by atoms with Crippen molar-refractivity contribution in [2.75, 3.05) is 43.5 Å². The Morgan fingerprint density at radius 3 is 3.06 bits per heavy atom. The molecule has 4 nitrogen and oxygen atoms in total. The average Bonchev–Trinajstić information content (AvgIpc) is 2.61. The van der Waals surface area contributed by atoms with Crippen LogP contribution in [0, 0.1) is 0 Å². The van der Waals surface area contributed by atoms with Crippen molar-refractivity contribution in [1.29, 1.82) is 0 Å². The molecule has 2 N–H and O–H groups in total. The van der Waals surface area contributed by atoms with Crippen LogP contribution in [-0.2, 0) is 4.74 Å². The second-order valence-electron chi connectivity index (χ2n) is 4.07. The molecule has 0 aliphatic carbocycles. The Labute approximate surface area is 102 Å². The van der Waals surface area contributed by atoms with Gasteiger partial charge >= 0.3 is 0 Å². The summed E-state index contributed by atoms with van der Waals surface area (Å²) in [5, 5.41) is 0. The molecule has 0 bridgehead atoms. The molecule has 0 atom stereocenters. The zero-order chi connectivity index (χ0) is 12.1. The highest BCUT2D eigenvalue weighted by molar-refractivity contribution is 5.74. The zero-order valence-electron chi connectivity index (χ0n) is 10.3. The van der Waals surface area contributed by atoms with Gasteiger partial charge in [-0.25, -0.2) is 0 Å². The maximum atomic E-state index is 6.14. The van der Waals surface area contributed by atoms with Crippen molar-refractivity contribution in [1.82, 2.24) is 0 Å². The minimum Gasteiger partial charge on any atom is -0.492 e. The van der Waals surface area contributed by atoms with E-state index in [0.29, 0.717) is 6.61 Å². The summed E-state index contributed by atoms with van der Waals surface area (Å²) in [5.74, 6) is 0.773. The SMILES string of the molecule is CCOc1cccc(N2CCCOCC2)c1N. The van der Waals surface area contributed by atoms with Gasteiger partial charge in [0.25, 0.3) is 0 Å². The molecular formula is C13H20N2O2. The Hall–Kier alpha value is -1.42. The molecule has 1 aliphatic heterocycles. The topological polar surface area (TPSA) is 47.7 Å². The summed E-state index contributed by atoms with van der Waals surface area (Å²) in [6.07, 6.45) is 1.04. The number of hydrogen-bond donors (Lipinski definition) is 1. The molecule has 0 spiro atoms. The maximum absolute atomic E-state index is 6.14. The Morgan fingerprint density at radius 1 is 1.35 bits per heavy atom. The van der Waals surface area contributed by atoms with Crippen LogP contribution in [-0.4, -0.2) is 32.9 Å². The maximum Gasteiger partial charge on any atom is 0.144 e. The van der Waals surface area contributed by atoms with E-state index >= 15 is 0 Å². The number of anilines is 2. The van der Waals surface area contributed by atoms with E-state index < -0.39 is 0 Å². The monoisotopic (exact) mass is 236 g/mol. The van der Waals surface area contributed by atoms with Crippen molar-refractivity contribution >= 4 is 11.4 Å². The smallest absolute Gasteiger partial charge is 0.144 e. The van der Waals surface area contributed by atoms with Crippen LogP contribution in [0.1, 0.15) is 13.3 Å². The number of nitrogens with zero attached hydrogens (tertiary/aromatic N) is 1. The number of nitrogen functional groups attached to an aromatic ring is 1. The first-order valence-electron chi connectivity index (χ1n) is 6.17. The molecule has 0 aromatic heterocycles. The van der Waals surface area contributed by atoms with E-state index in [-0.39, 0.29) is 0 Å². The number of ether oxygens (including phenoxy) is 2. The Bertz CT molecular complexity index is 360. The molecule has 94 valence electrons. The molecule has 1 aliphatic rings. The summed E-state index contributed by atoms with van der Waals surface area (Å²) in [6, 6.07) is 5.95. The van der Waals surface area contributed by atoms with Crippen LogP contribution in [0.3, 0.4) is 0 Å². The van der Waals surface area contributed by atoms with Gasteiger partial charge in [0.1, 0.15) is 5.75 Å². The first kappa shape index (κ1) is 12.0. The van der Waals surface area contributed by atoms with Gasteiger partial charge in [-0.05, 0) is 25.5 Å². The number of hydrogen-bond acceptors (Lipinski definition) is 4. The molecule has 1 aromatic carbocycles. The quantitative estimate of drug-likeness (QED) is 0.814. The third kappa shape index (κ3) is 2.82. The van der Waals surface area contributed by atoms with Gasteiger partial charge in [0.2, 0.25) is 0 Å². The summed E-state index contributed by atoms with van der Waals surface area (Å²) in [6.45, 7) is 6.07. The summed E-state index contributed by atoms with van der Waals surface area (Å²) in [7, 11) is 0. The molecule has 1 aromatic rings. The van der Waals surface area contributed by atoms with Gasteiger partial charge in [0.05, 0.1) is 24.6 Å². The van der Waals surface area contributed by atoms with E-state index in [1.54, 1.807) is 0 Å². The molecular weight excluding hydrogens is 216 g/mol. The molecule has 0 saturated carbocycles. The minimum atomic E-state index is 0.636. The fraction of sp³-hybridized carbons (Fsp3) is 0.538. The number of rotatable bonds is 3. The lowest BCUT2D eigenvalue weighted by molar-refractivity contribution is 0.152. The largest absolute Gasteiger partial charge is 0.492 e. The second-order valence-corrected chi connectivity index (χ2v) is 4.07. The third-order valence-electron chi connectivity index (χ3n) is 2.91. The van der Waals surface area contributed by atoms with Crippen molar-refractivity contribution in [3.63, 3.8) is 0 Å². The fourth-order valence-corrected chi connectivity index (χ4v) is 2.08. The predicted octanol–water partition coefficient (Wildman–Crippen LogP) is 1.89. The van der Waals surface area contributed by atoms with Gasteiger partial charge in [0, 0.05) is 19.7 Å². The molecule has 1 saturated heterocycles. The van der Waals surface area contributed by atoms with Crippen molar-refractivity contribution in [3.05, 3.63) is 18.2 Å². The summed E-state index contributed by atoms with van der Waals surface area (Å²) in [4.78, 5) is 2.27. The van der Waals surface area contributed by atoms with Crippen LogP contribution < -0.4 is 15.4 Å². The van der Waals surface area contributed by atoms with Crippen LogP contribution in [0.25, 0.3) is 0 Å². The Kier molecular flexibility index (Phi) is 4.09. The fourth-order valence-electron chi connectivity index (χ4n) is 2.08. The lowest BCUT2D eigenvalue weighted by atomic mass is 10.2.